The fourth-order valence-corrected chi connectivity index (χ4v) is 4.50. The first-order valence-electron chi connectivity index (χ1n) is 8.80. The van der Waals surface area contributed by atoms with Gasteiger partial charge in [0, 0.05) is 23.6 Å². The summed E-state index contributed by atoms with van der Waals surface area (Å²) in [4.78, 5) is 7.09. The Bertz CT molecular complexity index is 819. The third-order valence-electron chi connectivity index (χ3n) is 4.58. The number of aliphatic hydroxyl groups is 1. The number of hydrogen-bond donors (Lipinski definition) is 1. The molecule has 130 valence electrons. The number of benzene rings is 1. The van der Waals surface area contributed by atoms with Gasteiger partial charge in [0.25, 0.3) is 0 Å². The van der Waals surface area contributed by atoms with Crippen molar-refractivity contribution in [1.29, 1.82) is 0 Å². The summed E-state index contributed by atoms with van der Waals surface area (Å²) in [5.74, 6) is 0. The zero-order valence-electron chi connectivity index (χ0n) is 14.1. The molecule has 1 fully saturated rings. The number of hydrogen-bond acceptors (Lipinski definition) is 4. The van der Waals surface area contributed by atoms with Crippen molar-refractivity contribution in [2.75, 3.05) is 13.2 Å². The molecule has 1 aliphatic rings. The number of nitrogens with zero attached hydrogens (tertiary/aromatic N) is 2. The Morgan fingerprint density at radius 3 is 2.80 bits per heavy atom. The van der Waals surface area contributed by atoms with Gasteiger partial charge in [-0.1, -0.05) is 30.3 Å². The van der Waals surface area contributed by atoms with Crippen LogP contribution in [0.25, 0.3) is 21.8 Å². The van der Waals surface area contributed by atoms with Gasteiger partial charge >= 0.3 is 0 Å². The molecule has 0 radical (unpaired) electrons. The lowest BCUT2D eigenvalue weighted by Gasteiger charge is -2.21. The zero-order valence-corrected chi connectivity index (χ0v) is 14.9. The first kappa shape index (κ1) is 16.5. The third kappa shape index (κ3) is 3.40. The summed E-state index contributed by atoms with van der Waals surface area (Å²) in [5.41, 5.74) is 3.14. The molecule has 1 aliphatic heterocycles. The van der Waals surface area contributed by atoms with Gasteiger partial charge in [-0.05, 0) is 31.4 Å². The average molecular weight is 354 g/mol. The van der Waals surface area contributed by atoms with Crippen LogP contribution in [-0.4, -0.2) is 27.9 Å². The topological polar surface area (TPSA) is 47.3 Å². The molecule has 4 rings (SSSR count). The van der Waals surface area contributed by atoms with Crippen LogP contribution in [-0.2, 0) is 11.3 Å². The summed E-state index contributed by atoms with van der Waals surface area (Å²) in [6, 6.07) is 14.6. The largest absolute Gasteiger partial charge is 0.395 e. The molecule has 0 bridgehead atoms. The van der Waals surface area contributed by atoms with E-state index in [0.29, 0.717) is 6.54 Å². The molecule has 3 aromatic rings. The molecule has 0 amide bonds. The van der Waals surface area contributed by atoms with Crippen molar-refractivity contribution in [3.63, 3.8) is 0 Å². The fourth-order valence-electron chi connectivity index (χ4n) is 3.34. The Balaban J connectivity index is 1.73. The normalized spacial score (nSPS) is 17.7. The van der Waals surface area contributed by atoms with Gasteiger partial charge in [-0.15, -0.1) is 11.3 Å². The molecule has 5 heteroatoms. The van der Waals surface area contributed by atoms with Gasteiger partial charge in [0.2, 0.25) is 0 Å². The maximum Gasteiger partial charge on any atom is 0.0971 e. The summed E-state index contributed by atoms with van der Waals surface area (Å²) < 4.78 is 7.98. The molecular weight excluding hydrogens is 332 g/mol. The van der Waals surface area contributed by atoms with Crippen molar-refractivity contribution in [3.05, 3.63) is 53.7 Å². The minimum atomic E-state index is 0.0988. The molecule has 0 spiro atoms. The fraction of sp³-hybridized carbons (Fsp3) is 0.350. The van der Waals surface area contributed by atoms with Gasteiger partial charge in [-0.25, -0.2) is 4.98 Å². The van der Waals surface area contributed by atoms with Crippen LogP contribution in [0.3, 0.4) is 0 Å². The quantitative estimate of drug-likeness (QED) is 0.733. The van der Waals surface area contributed by atoms with Crippen molar-refractivity contribution >= 4 is 11.3 Å². The van der Waals surface area contributed by atoms with E-state index in [4.69, 9.17) is 4.74 Å². The number of aromatic nitrogens is 2. The predicted octanol–water partition coefficient (Wildman–Crippen LogP) is 4.51. The van der Waals surface area contributed by atoms with E-state index in [2.05, 4.69) is 29.2 Å². The van der Waals surface area contributed by atoms with E-state index in [1.165, 1.54) is 16.2 Å². The second kappa shape index (κ2) is 7.52. The van der Waals surface area contributed by atoms with Crippen LogP contribution in [0.15, 0.2) is 48.8 Å². The van der Waals surface area contributed by atoms with E-state index in [-0.39, 0.29) is 12.7 Å². The highest BCUT2D eigenvalue weighted by Gasteiger charge is 2.21. The molecule has 1 N–H and O–H groups in total. The monoisotopic (exact) mass is 354 g/mol. The van der Waals surface area contributed by atoms with Gasteiger partial charge in [0.1, 0.15) is 0 Å². The molecule has 0 aliphatic carbocycles. The van der Waals surface area contributed by atoms with Crippen molar-refractivity contribution in [2.24, 2.45) is 0 Å². The Hall–Kier alpha value is -1.95. The van der Waals surface area contributed by atoms with Crippen LogP contribution in [0.4, 0.5) is 0 Å². The van der Waals surface area contributed by atoms with Gasteiger partial charge in [-0.3, -0.25) is 0 Å². The van der Waals surface area contributed by atoms with Crippen LogP contribution in [0.5, 0.6) is 0 Å². The highest BCUT2D eigenvalue weighted by molar-refractivity contribution is 7.15. The molecule has 25 heavy (non-hydrogen) atoms. The first-order chi connectivity index (χ1) is 12.4. The Morgan fingerprint density at radius 2 is 2.04 bits per heavy atom. The lowest BCUT2D eigenvalue weighted by Crippen LogP contribution is -2.09. The molecule has 2 aromatic heterocycles. The third-order valence-corrected chi connectivity index (χ3v) is 5.77. The van der Waals surface area contributed by atoms with E-state index >= 15 is 0 Å². The minimum absolute atomic E-state index is 0.0988. The summed E-state index contributed by atoms with van der Waals surface area (Å²) in [6.45, 7) is 1.50. The van der Waals surface area contributed by atoms with E-state index < -0.39 is 0 Å². The lowest BCUT2D eigenvalue weighted by molar-refractivity contribution is 0.0172. The molecule has 0 saturated carbocycles. The van der Waals surface area contributed by atoms with Crippen LogP contribution in [0.2, 0.25) is 0 Å². The number of rotatable bonds is 5. The molecule has 1 aromatic carbocycles. The second-order valence-corrected chi connectivity index (χ2v) is 7.40. The molecule has 1 saturated heterocycles. The SMILES string of the molecule is OCCn1cnc(-c2ccccc2)c1-c1ccc([C@H]2CCCCO2)s1. The second-order valence-electron chi connectivity index (χ2n) is 6.28. The lowest BCUT2D eigenvalue weighted by atomic mass is 10.1. The number of thiophene rings is 1. The Labute approximate surface area is 151 Å². The van der Waals surface area contributed by atoms with E-state index in [1.807, 2.05) is 29.1 Å². The van der Waals surface area contributed by atoms with E-state index in [1.54, 1.807) is 11.3 Å². The van der Waals surface area contributed by atoms with Gasteiger partial charge in [0.05, 0.1) is 35.3 Å². The van der Waals surface area contributed by atoms with Crippen molar-refractivity contribution < 1.29 is 9.84 Å². The van der Waals surface area contributed by atoms with Gasteiger partial charge in [-0.2, -0.15) is 0 Å². The summed E-state index contributed by atoms with van der Waals surface area (Å²) in [5, 5.41) is 9.41. The zero-order chi connectivity index (χ0) is 17.1. The smallest absolute Gasteiger partial charge is 0.0971 e. The molecular formula is C20H22N2O2S. The van der Waals surface area contributed by atoms with Gasteiger partial charge in [0.15, 0.2) is 0 Å². The summed E-state index contributed by atoms with van der Waals surface area (Å²) >= 11 is 1.78. The molecule has 0 unspecified atom stereocenters. The number of imidazole rings is 1. The first-order valence-corrected chi connectivity index (χ1v) is 9.61. The summed E-state index contributed by atoms with van der Waals surface area (Å²) in [6.07, 6.45) is 5.54. The Morgan fingerprint density at radius 1 is 1.16 bits per heavy atom. The van der Waals surface area contributed by atoms with Crippen molar-refractivity contribution in [3.8, 4) is 21.8 Å². The summed E-state index contributed by atoms with van der Waals surface area (Å²) in [7, 11) is 0. The molecule has 4 nitrogen and oxygen atoms in total. The van der Waals surface area contributed by atoms with Crippen LogP contribution < -0.4 is 0 Å². The average Bonchev–Trinajstić information content (AvgIpc) is 3.30. The maximum absolute atomic E-state index is 9.41. The van der Waals surface area contributed by atoms with Crippen LogP contribution >= 0.6 is 11.3 Å². The van der Waals surface area contributed by atoms with Crippen LogP contribution in [0.1, 0.15) is 30.2 Å². The highest BCUT2D eigenvalue weighted by atomic mass is 32.1. The molecule has 1 atom stereocenters. The minimum Gasteiger partial charge on any atom is -0.395 e. The predicted molar refractivity (Wildman–Crippen MR) is 101 cm³/mol. The standard InChI is InChI=1S/C20H22N2O2S/c23-12-11-22-14-21-19(15-6-2-1-3-7-15)20(22)18-10-9-17(25-18)16-8-4-5-13-24-16/h1-3,6-7,9-10,14,16,23H,4-5,8,11-13H2/t16-/m1/s1. The van der Waals surface area contributed by atoms with Crippen molar-refractivity contribution in [1.82, 2.24) is 9.55 Å². The highest BCUT2D eigenvalue weighted by Crippen LogP contribution is 2.39. The molecule has 3 heterocycles. The van der Waals surface area contributed by atoms with Crippen molar-refractivity contribution in [2.45, 2.75) is 31.9 Å². The maximum atomic E-state index is 9.41. The van der Waals surface area contributed by atoms with E-state index in [9.17, 15) is 5.11 Å². The van der Waals surface area contributed by atoms with Crippen LogP contribution in [0, 0.1) is 0 Å². The van der Waals surface area contributed by atoms with E-state index in [0.717, 1.165) is 36.4 Å². The Kier molecular flexibility index (Phi) is 4.97. The number of ether oxygens (including phenoxy) is 1. The number of aliphatic hydroxyl groups excluding tert-OH is 1. The van der Waals surface area contributed by atoms with Gasteiger partial charge < -0.3 is 14.4 Å².